The van der Waals surface area contributed by atoms with Crippen LogP contribution in [-0.2, 0) is 77.0 Å². The predicted molar refractivity (Wildman–Crippen MR) is 304 cm³/mol. The molecule has 0 saturated heterocycles. The molecule has 0 bridgehead atoms. The lowest BCUT2D eigenvalue weighted by molar-refractivity contribution is -0.143. The van der Waals surface area contributed by atoms with E-state index in [-0.39, 0.29) is 38.6 Å². The molecule has 0 aliphatic heterocycles. The number of primary amides is 1. The maximum absolute atomic E-state index is 14.9. The second-order valence-corrected chi connectivity index (χ2v) is 21.3. The summed E-state index contributed by atoms with van der Waals surface area (Å²) in [6.07, 6.45) is 8.46. The number of carbonyl (C=O) groups is 10. The SMILES string of the molecule is CC(=O)O.CC(=O)O.CC(=O)O.CS(=O)(=O)CC[C@H](N)C(=O)N[C@@H](CCC(=O)O)C(=O)N[C@@H](Cc1cnc[nH]1)C(=O)N[C@@H](Cc1ccccc1)C(=O)N[C@H](CCCCN)C(=O)N(CCCCCCCCN)[C@@H](Cc1ccccc1)C(N)=O. The zero-order valence-corrected chi connectivity index (χ0v) is 47.9. The lowest BCUT2D eigenvalue weighted by Crippen LogP contribution is -2.60. The van der Waals surface area contributed by atoms with Gasteiger partial charge in [0.15, 0.2) is 0 Å². The van der Waals surface area contributed by atoms with Crippen LogP contribution in [0.4, 0.5) is 0 Å². The number of carbonyl (C=O) groups excluding carboxylic acids is 6. The number of nitrogens with zero attached hydrogens (tertiary/aromatic N) is 2. The van der Waals surface area contributed by atoms with Gasteiger partial charge in [0.05, 0.1) is 18.1 Å². The van der Waals surface area contributed by atoms with Gasteiger partial charge < -0.3 is 74.5 Å². The van der Waals surface area contributed by atoms with Crippen LogP contribution in [0.3, 0.4) is 0 Å². The predicted octanol–water partition coefficient (Wildman–Crippen LogP) is 0.387. The van der Waals surface area contributed by atoms with Gasteiger partial charge in [0, 0.05) is 71.1 Å². The van der Waals surface area contributed by atoms with E-state index in [4.69, 9.17) is 52.6 Å². The molecule has 2 aromatic carbocycles. The van der Waals surface area contributed by atoms with Crippen molar-refractivity contribution < 1.29 is 76.8 Å². The number of aromatic nitrogens is 2. The maximum Gasteiger partial charge on any atom is 0.303 e. The summed E-state index contributed by atoms with van der Waals surface area (Å²) in [5, 5.41) is 42.3. The number of hydrogen-bond donors (Lipinski definition) is 13. The third-order valence-corrected chi connectivity index (χ3v) is 12.6. The summed E-state index contributed by atoms with van der Waals surface area (Å²) in [4.78, 5) is 131. The Morgan fingerprint density at radius 2 is 1.02 bits per heavy atom. The number of carboxylic acids is 4. The first-order valence-electron chi connectivity index (χ1n) is 26.6. The van der Waals surface area contributed by atoms with Crippen molar-refractivity contribution in [3.8, 4) is 0 Å². The summed E-state index contributed by atoms with van der Waals surface area (Å²) in [6, 6.07) is 9.97. The first-order chi connectivity index (χ1) is 38.6. The molecule has 1 aromatic heterocycles. The quantitative estimate of drug-likeness (QED) is 0.0354. The number of sulfone groups is 1. The number of carboxylic acid groups (broad SMARTS) is 4. The molecule has 0 aliphatic rings. The van der Waals surface area contributed by atoms with Gasteiger partial charge in [0.2, 0.25) is 35.4 Å². The number of hydrogen-bond acceptors (Lipinski definition) is 16. The lowest BCUT2D eigenvalue weighted by atomic mass is 9.99. The summed E-state index contributed by atoms with van der Waals surface area (Å²) >= 11 is 0. The Morgan fingerprint density at radius 1 is 0.585 bits per heavy atom. The average molecular weight is 1180 g/mol. The fourth-order valence-corrected chi connectivity index (χ4v) is 8.38. The van der Waals surface area contributed by atoms with Crippen molar-refractivity contribution in [2.75, 3.05) is 31.6 Å². The Hall–Kier alpha value is -7.82. The van der Waals surface area contributed by atoms with Crippen molar-refractivity contribution in [2.24, 2.45) is 22.9 Å². The zero-order valence-electron chi connectivity index (χ0n) is 47.1. The first-order valence-corrected chi connectivity index (χ1v) is 28.7. The summed E-state index contributed by atoms with van der Waals surface area (Å²) in [6.45, 7) is 4.34. The van der Waals surface area contributed by atoms with Gasteiger partial charge in [0.1, 0.15) is 40.0 Å². The Labute approximate surface area is 478 Å². The number of amides is 6. The first kappa shape index (κ1) is 74.2. The molecule has 0 aliphatic carbocycles. The molecule has 6 atom stereocenters. The van der Waals surface area contributed by atoms with Crippen LogP contribution in [-0.4, -0.2) is 171 Å². The molecular weight excluding hydrogens is 1090 g/mol. The molecular formula is C54H85N11O16S. The van der Waals surface area contributed by atoms with E-state index in [9.17, 15) is 47.1 Å². The summed E-state index contributed by atoms with van der Waals surface area (Å²) in [7, 11) is -3.49. The van der Waals surface area contributed by atoms with E-state index in [1.54, 1.807) is 30.3 Å². The second-order valence-electron chi connectivity index (χ2n) is 19.1. The molecule has 458 valence electrons. The Kier molecular flexibility index (Phi) is 38.1. The molecule has 0 radical (unpaired) electrons. The number of nitrogens with one attached hydrogen (secondary N) is 5. The number of aliphatic carboxylic acids is 4. The van der Waals surface area contributed by atoms with Crippen LogP contribution in [0.25, 0.3) is 0 Å². The smallest absolute Gasteiger partial charge is 0.303 e. The van der Waals surface area contributed by atoms with Crippen molar-refractivity contribution in [1.82, 2.24) is 36.1 Å². The van der Waals surface area contributed by atoms with Gasteiger partial charge in [-0.25, -0.2) is 13.4 Å². The van der Waals surface area contributed by atoms with Crippen LogP contribution in [0.15, 0.2) is 73.2 Å². The molecule has 1 heterocycles. The molecule has 17 N–H and O–H groups in total. The molecule has 0 saturated carbocycles. The highest BCUT2D eigenvalue weighted by atomic mass is 32.2. The molecule has 0 unspecified atom stereocenters. The van der Waals surface area contributed by atoms with Crippen molar-refractivity contribution in [2.45, 2.75) is 153 Å². The number of H-pyrrole nitrogens is 1. The van der Waals surface area contributed by atoms with Crippen LogP contribution >= 0.6 is 0 Å². The van der Waals surface area contributed by atoms with E-state index in [2.05, 4.69) is 31.2 Å². The zero-order chi connectivity index (χ0) is 62.2. The van der Waals surface area contributed by atoms with E-state index >= 15 is 0 Å². The molecule has 27 nitrogen and oxygen atoms in total. The topological polar surface area (TPSA) is 470 Å². The fraction of sp³-hybridized carbons (Fsp3) is 0.537. The molecule has 3 aromatic rings. The number of aromatic amines is 1. The van der Waals surface area contributed by atoms with E-state index in [1.165, 1.54) is 17.4 Å². The minimum atomic E-state index is -3.49. The number of unbranched alkanes of at least 4 members (excludes halogenated alkanes) is 6. The Balaban J connectivity index is 0.00000495. The van der Waals surface area contributed by atoms with E-state index in [0.29, 0.717) is 43.6 Å². The monoisotopic (exact) mass is 1180 g/mol. The highest BCUT2D eigenvalue weighted by Gasteiger charge is 2.36. The molecule has 0 fully saturated rings. The van der Waals surface area contributed by atoms with Gasteiger partial charge in [-0.3, -0.25) is 47.9 Å². The van der Waals surface area contributed by atoms with E-state index < -0.39 is 124 Å². The van der Waals surface area contributed by atoms with Gasteiger partial charge >= 0.3 is 5.97 Å². The number of nitrogens with two attached hydrogens (primary N) is 4. The van der Waals surface area contributed by atoms with E-state index in [1.807, 2.05) is 30.3 Å². The van der Waals surface area contributed by atoms with Gasteiger partial charge in [-0.05, 0) is 69.2 Å². The molecule has 0 spiro atoms. The fourth-order valence-electron chi connectivity index (χ4n) is 7.69. The lowest BCUT2D eigenvalue weighted by Gasteiger charge is -2.34. The van der Waals surface area contributed by atoms with Crippen LogP contribution in [0.5, 0.6) is 0 Å². The van der Waals surface area contributed by atoms with Crippen LogP contribution in [0, 0.1) is 0 Å². The maximum atomic E-state index is 14.9. The molecule has 6 amide bonds. The summed E-state index contributed by atoms with van der Waals surface area (Å²) in [5.74, 6) is -8.94. The van der Waals surface area contributed by atoms with Crippen molar-refractivity contribution >= 4 is 69.2 Å². The third-order valence-electron chi connectivity index (χ3n) is 11.6. The minimum Gasteiger partial charge on any atom is -0.481 e. The molecule has 28 heteroatoms. The van der Waals surface area contributed by atoms with Crippen LogP contribution in [0.2, 0.25) is 0 Å². The number of benzene rings is 2. The number of rotatable bonds is 35. The number of imidazole rings is 1. The van der Waals surface area contributed by atoms with Gasteiger partial charge in [0.25, 0.3) is 17.9 Å². The minimum absolute atomic E-state index is 0.0682. The highest BCUT2D eigenvalue weighted by Crippen LogP contribution is 2.17. The normalized spacial score (nSPS) is 12.8. The molecule has 82 heavy (non-hydrogen) atoms. The third kappa shape index (κ3) is 36.4. The van der Waals surface area contributed by atoms with Crippen molar-refractivity contribution in [1.29, 1.82) is 0 Å². The van der Waals surface area contributed by atoms with Crippen LogP contribution < -0.4 is 44.2 Å². The van der Waals surface area contributed by atoms with Gasteiger partial charge in [-0.15, -0.1) is 0 Å². The summed E-state index contributed by atoms with van der Waals surface area (Å²) < 4.78 is 23.4. The standard InChI is InChI=1S/C48H73N11O10S.3C2H4O2/c1-70(68,69)27-23-36(51)44(63)55-37(21-22-42(60)61)45(64)58-40(30-35-31-53-32-54-35)47(66)57-39(28-33-16-8-6-9-17-33)46(65)56-38(20-12-14-25-50)48(67)59(26-15-5-3-2-4-13-24-49)41(43(52)62)29-34-18-10-7-11-19-34;3*1-2(3)4/h6-11,16-19,31-32,36-41H,2-5,12-15,20-30,49-51H2,1H3,(H2,52,62)(H,53,54)(H,55,63)(H,56,65)(H,57,66)(H,58,64)(H,60,61);3*1H3,(H,3,4)/t36-,37-,38+,39-,40-,41-;;;/m0.../s1. The van der Waals surface area contributed by atoms with Crippen molar-refractivity contribution in [3.63, 3.8) is 0 Å². The molecule has 3 rings (SSSR count). The highest BCUT2D eigenvalue weighted by molar-refractivity contribution is 7.90. The van der Waals surface area contributed by atoms with E-state index in [0.717, 1.165) is 64.7 Å². The largest absolute Gasteiger partial charge is 0.481 e. The van der Waals surface area contributed by atoms with Gasteiger partial charge in [-0.1, -0.05) is 86.3 Å². The van der Waals surface area contributed by atoms with Gasteiger partial charge in [-0.2, -0.15) is 0 Å². The van der Waals surface area contributed by atoms with Crippen molar-refractivity contribution in [3.05, 3.63) is 90.0 Å². The Bertz CT molecular complexity index is 2480. The summed E-state index contributed by atoms with van der Waals surface area (Å²) in [5.41, 5.74) is 25.3. The van der Waals surface area contributed by atoms with Crippen LogP contribution in [0.1, 0.15) is 115 Å². The Morgan fingerprint density at radius 3 is 1.49 bits per heavy atom. The average Bonchev–Trinajstić information content (AvgIpc) is 3.93. The second kappa shape index (κ2) is 42.1.